The third kappa shape index (κ3) is 3.02. The van der Waals surface area contributed by atoms with Crippen molar-refractivity contribution in [3.8, 4) is 5.69 Å². The molecule has 0 aliphatic heterocycles. The summed E-state index contributed by atoms with van der Waals surface area (Å²) < 4.78 is 6.02. The number of benzene rings is 3. The van der Waals surface area contributed by atoms with Gasteiger partial charge < -0.3 is 4.57 Å². The van der Waals surface area contributed by atoms with Crippen molar-refractivity contribution in [2.45, 2.75) is 33.4 Å². The van der Waals surface area contributed by atoms with Crippen molar-refractivity contribution >= 4 is 55.0 Å². The van der Waals surface area contributed by atoms with Crippen LogP contribution in [-0.4, -0.2) is 28.7 Å². The molecule has 0 spiro atoms. The van der Waals surface area contributed by atoms with Crippen LogP contribution in [0.3, 0.4) is 0 Å². The Bertz CT molecular complexity index is 2130. The highest BCUT2D eigenvalue weighted by Crippen LogP contribution is 2.34. The zero-order chi connectivity index (χ0) is 26.0. The Hall–Kier alpha value is -4.78. The van der Waals surface area contributed by atoms with Gasteiger partial charge >= 0.3 is 0 Å². The lowest BCUT2D eigenvalue weighted by molar-refractivity contribution is 0.698. The topological polar surface area (TPSA) is 70.5 Å². The van der Waals surface area contributed by atoms with Gasteiger partial charge in [-0.25, -0.2) is 15.0 Å². The first kappa shape index (κ1) is 22.4. The molecule has 0 fully saturated rings. The van der Waals surface area contributed by atoms with E-state index in [1.807, 2.05) is 35.8 Å². The van der Waals surface area contributed by atoms with Gasteiger partial charge in [0.1, 0.15) is 16.7 Å². The summed E-state index contributed by atoms with van der Waals surface area (Å²) in [6, 6.07) is 22.6. The van der Waals surface area contributed by atoms with Gasteiger partial charge in [0.2, 0.25) is 0 Å². The lowest BCUT2D eigenvalue weighted by Gasteiger charge is -2.11. The monoisotopic (exact) mass is 498 g/mol. The number of aromatic nitrogens is 6. The standard InChI is InChI=1S/C31H26N6O/c1-4-17-36-26(5-2)34-29-27(31(36)38)28-30(33-23-13-9-8-12-22(23)32-28)37(29)19-15-16-25-21(18-19)20-11-7-10-14-24(20)35(25)6-3/h4,7-16,18H,1,5-6,17H2,2-3H3. The van der Waals surface area contributed by atoms with E-state index in [9.17, 15) is 4.79 Å². The van der Waals surface area contributed by atoms with Gasteiger partial charge in [-0.3, -0.25) is 13.9 Å². The van der Waals surface area contributed by atoms with E-state index in [1.54, 1.807) is 10.6 Å². The van der Waals surface area contributed by atoms with Crippen LogP contribution in [0.25, 0.3) is 60.7 Å². The summed E-state index contributed by atoms with van der Waals surface area (Å²) in [4.78, 5) is 28.9. The molecule has 0 atom stereocenters. The molecule has 3 aromatic carbocycles. The van der Waals surface area contributed by atoms with Gasteiger partial charge in [-0.05, 0) is 43.3 Å². The van der Waals surface area contributed by atoms with E-state index in [1.165, 1.54) is 16.4 Å². The number of para-hydroxylation sites is 3. The molecule has 0 bridgehead atoms. The smallest absolute Gasteiger partial charge is 0.265 e. The minimum atomic E-state index is -0.122. The van der Waals surface area contributed by atoms with E-state index in [4.69, 9.17) is 15.0 Å². The maximum atomic E-state index is 13.9. The van der Waals surface area contributed by atoms with Crippen LogP contribution in [0.4, 0.5) is 0 Å². The van der Waals surface area contributed by atoms with Gasteiger partial charge in [0.15, 0.2) is 11.3 Å². The SMILES string of the molecule is C=CCn1c(CC)nc2c(c1=O)c1nc3ccccc3nc1n2-c1ccc2c(c1)c1ccccc1n2CC. The van der Waals surface area contributed by atoms with E-state index < -0.39 is 0 Å². The molecule has 0 aliphatic rings. The van der Waals surface area contributed by atoms with Crippen LogP contribution in [-0.2, 0) is 19.5 Å². The molecule has 7 nitrogen and oxygen atoms in total. The fourth-order valence-electron chi connectivity index (χ4n) is 5.72. The molecule has 0 N–H and O–H groups in total. The molecule has 7 rings (SSSR count). The van der Waals surface area contributed by atoms with Gasteiger partial charge in [-0.15, -0.1) is 6.58 Å². The summed E-state index contributed by atoms with van der Waals surface area (Å²) in [6.07, 6.45) is 2.35. The molecule has 186 valence electrons. The largest absolute Gasteiger partial charge is 0.341 e. The van der Waals surface area contributed by atoms with Gasteiger partial charge in [0, 0.05) is 47.0 Å². The van der Waals surface area contributed by atoms with Crippen LogP contribution in [0.15, 0.2) is 84.2 Å². The molecular weight excluding hydrogens is 472 g/mol. The highest BCUT2D eigenvalue weighted by Gasteiger charge is 2.23. The number of hydrogen-bond donors (Lipinski definition) is 0. The van der Waals surface area contributed by atoms with E-state index in [2.05, 4.69) is 60.5 Å². The zero-order valence-electron chi connectivity index (χ0n) is 21.3. The molecular formula is C31H26N6O. The first-order valence-corrected chi connectivity index (χ1v) is 13.0. The minimum absolute atomic E-state index is 0.122. The predicted molar refractivity (Wildman–Crippen MR) is 154 cm³/mol. The van der Waals surface area contributed by atoms with Crippen LogP contribution in [0.2, 0.25) is 0 Å². The first-order chi connectivity index (χ1) is 18.6. The molecule has 4 aromatic heterocycles. The van der Waals surface area contributed by atoms with Gasteiger partial charge in [-0.1, -0.05) is 43.3 Å². The van der Waals surface area contributed by atoms with Crippen molar-refractivity contribution in [2.75, 3.05) is 0 Å². The molecule has 7 aromatic rings. The number of nitrogens with zero attached hydrogens (tertiary/aromatic N) is 6. The summed E-state index contributed by atoms with van der Waals surface area (Å²) >= 11 is 0. The fourth-order valence-corrected chi connectivity index (χ4v) is 5.72. The van der Waals surface area contributed by atoms with E-state index in [-0.39, 0.29) is 5.56 Å². The average Bonchev–Trinajstić information content (AvgIpc) is 3.44. The normalized spacial score (nSPS) is 11.9. The molecule has 38 heavy (non-hydrogen) atoms. The maximum absolute atomic E-state index is 13.9. The van der Waals surface area contributed by atoms with Gasteiger partial charge in [-0.2, -0.15) is 0 Å². The lowest BCUT2D eigenvalue weighted by atomic mass is 10.1. The molecule has 0 saturated carbocycles. The molecule has 0 aliphatic carbocycles. The summed E-state index contributed by atoms with van der Waals surface area (Å²) in [5.74, 6) is 0.708. The van der Waals surface area contributed by atoms with E-state index in [0.29, 0.717) is 41.0 Å². The Morgan fingerprint density at radius 2 is 1.55 bits per heavy atom. The van der Waals surface area contributed by atoms with Gasteiger partial charge in [0.05, 0.1) is 11.0 Å². The second-order valence-corrected chi connectivity index (χ2v) is 9.47. The third-order valence-corrected chi connectivity index (χ3v) is 7.40. The quantitative estimate of drug-likeness (QED) is 0.267. The first-order valence-electron chi connectivity index (χ1n) is 13.0. The van der Waals surface area contributed by atoms with Crippen molar-refractivity contribution in [3.05, 3.63) is 95.6 Å². The van der Waals surface area contributed by atoms with Crippen molar-refractivity contribution in [1.82, 2.24) is 28.7 Å². The van der Waals surface area contributed by atoms with Crippen LogP contribution in [0.5, 0.6) is 0 Å². The highest BCUT2D eigenvalue weighted by atomic mass is 16.1. The Morgan fingerprint density at radius 1 is 0.816 bits per heavy atom. The number of aryl methyl sites for hydroxylation is 2. The number of rotatable bonds is 5. The summed E-state index contributed by atoms with van der Waals surface area (Å²) in [5.41, 5.74) is 6.44. The molecule has 0 saturated heterocycles. The maximum Gasteiger partial charge on any atom is 0.265 e. The molecule has 0 amide bonds. The third-order valence-electron chi connectivity index (χ3n) is 7.40. The van der Waals surface area contributed by atoms with Crippen LogP contribution in [0.1, 0.15) is 19.7 Å². The summed E-state index contributed by atoms with van der Waals surface area (Å²) in [5, 5.41) is 2.83. The Morgan fingerprint density at radius 3 is 2.32 bits per heavy atom. The summed E-state index contributed by atoms with van der Waals surface area (Å²) in [7, 11) is 0. The number of allylic oxidation sites excluding steroid dienone is 1. The van der Waals surface area contributed by atoms with Crippen LogP contribution >= 0.6 is 0 Å². The van der Waals surface area contributed by atoms with Crippen molar-refractivity contribution in [1.29, 1.82) is 0 Å². The average molecular weight is 499 g/mol. The highest BCUT2D eigenvalue weighted by molar-refractivity contribution is 6.10. The van der Waals surface area contributed by atoms with Gasteiger partial charge in [0.25, 0.3) is 5.56 Å². The minimum Gasteiger partial charge on any atom is -0.341 e. The van der Waals surface area contributed by atoms with Crippen molar-refractivity contribution in [3.63, 3.8) is 0 Å². The van der Waals surface area contributed by atoms with Crippen LogP contribution in [0, 0.1) is 0 Å². The van der Waals surface area contributed by atoms with E-state index in [0.717, 1.165) is 28.7 Å². The molecule has 4 heterocycles. The molecule has 0 unspecified atom stereocenters. The van der Waals surface area contributed by atoms with E-state index >= 15 is 0 Å². The van der Waals surface area contributed by atoms with Crippen LogP contribution < -0.4 is 5.56 Å². The lowest BCUT2D eigenvalue weighted by Crippen LogP contribution is -2.24. The zero-order valence-corrected chi connectivity index (χ0v) is 21.3. The second-order valence-electron chi connectivity index (χ2n) is 9.47. The number of hydrogen-bond acceptors (Lipinski definition) is 4. The summed E-state index contributed by atoms with van der Waals surface area (Å²) in [6.45, 7) is 9.29. The van der Waals surface area contributed by atoms with Crippen molar-refractivity contribution < 1.29 is 0 Å². The second kappa shape index (κ2) is 8.38. The fraction of sp³-hybridized carbons (Fsp3) is 0.161. The molecule has 7 heteroatoms. The Kier molecular flexibility index (Phi) is 4.94. The number of fused-ring (bicyclic) bond motifs is 7. The van der Waals surface area contributed by atoms with Crippen molar-refractivity contribution in [2.24, 2.45) is 0 Å². The Labute approximate surface area is 218 Å². The Balaban J connectivity index is 1.66. The molecule has 0 radical (unpaired) electrons. The predicted octanol–water partition coefficient (Wildman–Crippen LogP) is 6.16.